The number of rotatable bonds is 6. The van der Waals surface area contributed by atoms with Crippen LogP contribution in [0.15, 0.2) is 0 Å². The van der Waals surface area contributed by atoms with E-state index in [1.165, 1.54) is 0 Å². The largest absolute Gasteiger partial charge is 0.383 e. The van der Waals surface area contributed by atoms with Crippen LogP contribution in [0.2, 0.25) is 0 Å². The van der Waals surface area contributed by atoms with Gasteiger partial charge in [-0.3, -0.25) is 4.79 Å². The van der Waals surface area contributed by atoms with Crippen LogP contribution in [0, 0.1) is 0 Å². The summed E-state index contributed by atoms with van der Waals surface area (Å²) in [4.78, 5) is 12.7. The molecular weight excluding hydrogens is 276 g/mol. The molecule has 0 radical (unpaired) electrons. The summed E-state index contributed by atoms with van der Waals surface area (Å²) in [5.74, 6) is -6.37. The molecule has 0 aromatic carbocycles. The highest BCUT2D eigenvalue weighted by Gasteiger charge is 2.52. The molecule has 1 amide bonds. The molecule has 0 spiro atoms. The van der Waals surface area contributed by atoms with Gasteiger partial charge in [0.2, 0.25) is 0 Å². The standard InChI is InChI=1S/C13H22F4N2O/c14-11(15)13(16,17)12(20)19(9-5-8-18)10-6-3-1-2-4-7-10/h10-11H,1-9,18H2. The van der Waals surface area contributed by atoms with Crippen LogP contribution in [0.25, 0.3) is 0 Å². The Morgan fingerprint density at radius 3 is 2.20 bits per heavy atom. The van der Waals surface area contributed by atoms with Gasteiger partial charge in [0.05, 0.1) is 0 Å². The van der Waals surface area contributed by atoms with Crippen molar-refractivity contribution < 1.29 is 22.4 Å². The fourth-order valence-corrected chi connectivity index (χ4v) is 2.57. The monoisotopic (exact) mass is 298 g/mol. The van der Waals surface area contributed by atoms with E-state index in [9.17, 15) is 22.4 Å². The molecule has 2 N–H and O–H groups in total. The lowest BCUT2D eigenvalue weighted by molar-refractivity contribution is -0.183. The van der Waals surface area contributed by atoms with Gasteiger partial charge in [-0.1, -0.05) is 25.7 Å². The van der Waals surface area contributed by atoms with Crippen LogP contribution in [0.3, 0.4) is 0 Å². The van der Waals surface area contributed by atoms with Crippen LogP contribution < -0.4 is 5.73 Å². The number of nitrogens with zero attached hydrogens (tertiary/aromatic N) is 1. The highest BCUT2D eigenvalue weighted by atomic mass is 19.3. The third-order valence-corrected chi connectivity index (χ3v) is 3.69. The Labute approximate surface area is 116 Å². The molecule has 0 aliphatic heterocycles. The predicted molar refractivity (Wildman–Crippen MR) is 67.8 cm³/mol. The zero-order valence-corrected chi connectivity index (χ0v) is 11.5. The lowest BCUT2D eigenvalue weighted by Gasteiger charge is -2.33. The molecule has 20 heavy (non-hydrogen) atoms. The molecule has 1 aliphatic carbocycles. The van der Waals surface area contributed by atoms with Crippen LogP contribution in [-0.2, 0) is 4.79 Å². The summed E-state index contributed by atoms with van der Waals surface area (Å²) in [6.45, 7) is 0.249. The number of halogens is 4. The number of amides is 1. The highest BCUT2D eigenvalue weighted by molar-refractivity contribution is 5.84. The molecule has 0 bridgehead atoms. The first kappa shape index (κ1) is 17.2. The van der Waals surface area contributed by atoms with E-state index in [1.54, 1.807) is 0 Å². The van der Waals surface area contributed by atoms with Gasteiger partial charge in [0.1, 0.15) is 0 Å². The van der Waals surface area contributed by atoms with Crippen molar-refractivity contribution in [3.8, 4) is 0 Å². The molecule has 0 unspecified atom stereocenters. The molecule has 0 atom stereocenters. The second-order valence-electron chi connectivity index (χ2n) is 5.21. The summed E-state index contributed by atoms with van der Waals surface area (Å²) in [7, 11) is 0. The first-order valence-electron chi connectivity index (χ1n) is 7.08. The SMILES string of the molecule is NCCCN(C(=O)C(F)(F)C(F)F)C1CCCCCC1. The molecule has 1 fully saturated rings. The van der Waals surface area contributed by atoms with E-state index in [0.29, 0.717) is 19.3 Å². The molecule has 0 aromatic heterocycles. The molecule has 7 heteroatoms. The Hall–Kier alpha value is -0.850. The number of hydrogen-bond acceptors (Lipinski definition) is 2. The minimum absolute atomic E-state index is 0.0162. The van der Waals surface area contributed by atoms with E-state index in [2.05, 4.69) is 0 Å². The van der Waals surface area contributed by atoms with E-state index >= 15 is 0 Å². The third-order valence-electron chi connectivity index (χ3n) is 3.69. The maximum atomic E-state index is 13.3. The zero-order chi connectivity index (χ0) is 15.2. The number of nitrogens with two attached hydrogens (primary N) is 1. The van der Waals surface area contributed by atoms with E-state index in [0.717, 1.165) is 30.6 Å². The van der Waals surface area contributed by atoms with E-state index in [4.69, 9.17) is 5.73 Å². The Bertz CT molecular complexity index is 305. The van der Waals surface area contributed by atoms with Gasteiger partial charge in [-0.05, 0) is 25.8 Å². The van der Waals surface area contributed by atoms with Crippen molar-refractivity contribution in [2.45, 2.75) is 63.3 Å². The molecule has 1 saturated carbocycles. The Morgan fingerprint density at radius 1 is 1.20 bits per heavy atom. The van der Waals surface area contributed by atoms with Crippen molar-refractivity contribution in [2.24, 2.45) is 5.73 Å². The molecular formula is C13H22F4N2O. The topological polar surface area (TPSA) is 46.3 Å². The lowest BCUT2D eigenvalue weighted by atomic mass is 10.1. The van der Waals surface area contributed by atoms with Crippen molar-refractivity contribution in [2.75, 3.05) is 13.1 Å². The van der Waals surface area contributed by atoms with Crippen LogP contribution in [0.5, 0.6) is 0 Å². The van der Waals surface area contributed by atoms with E-state index < -0.39 is 18.3 Å². The summed E-state index contributed by atoms with van der Waals surface area (Å²) in [5, 5.41) is 0. The fraction of sp³-hybridized carbons (Fsp3) is 0.923. The van der Waals surface area contributed by atoms with E-state index in [-0.39, 0.29) is 19.1 Å². The third kappa shape index (κ3) is 4.33. The summed E-state index contributed by atoms with van der Waals surface area (Å²) in [6, 6.07) is -0.374. The second-order valence-corrected chi connectivity index (χ2v) is 5.21. The van der Waals surface area contributed by atoms with Crippen molar-refractivity contribution in [3.05, 3.63) is 0 Å². The van der Waals surface area contributed by atoms with Gasteiger partial charge in [0.25, 0.3) is 5.91 Å². The average molecular weight is 298 g/mol. The van der Waals surface area contributed by atoms with Crippen molar-refractivity contribution in [1.29, 1.82) is 0 Å². The molecule has 1 aliphatic rings. The molecule has 0 heterocycles. The van der Waals surface area contributed by atoms with Crippen LogP contribution in [-0.4, -0.2) is 42.3 Å². The van der Waals surface area contributed by atoms with E-state index in [1.807, 2.05) is 0 Å². The lowest BCUT2D eigenvalue weighted by Crippen LogP contribution is -2.52. The molecule has 1 rings (SSSR count). The average Bonchev–Trinajstić information content (AvgIpc) is 2.67. The van der Waals surface area contributed by atoms with Crippen LogP contribution in [0.1, 0.15) is 44.9 Å². The number of carbonyl (C=O) groups excluding carboxylic acids is 1. The van der Waals surface area contributed by atoms with Crippen LogP contribution in [0.4, 0.5) is 17.6 Å². The smallest absolute Gasteiger partial charge is 0.334 e. The number of hydrogen-bond donors (Lipinski definition) is 1. The maximum absolute atomic E-state index is 13.3. The summed E-state index contributed by atoms with van der Waals surface area (Å²) < 4.78 is 51.3. The van der Waals surface area contributed by atoms with Gasteiger partial charge >= 0.3 is 12.3 Å². The van der Waals surface area contributed by atoms with Gasteiger partial charge in [-0.25, -0.2) is 8.78 Å². The zero-order valence-electron chi connectivity index (χ0n) is 11.5. The summed E-state index contributed by atoms with van der Waals surface area (Å²) in [6.07, 6.45) is 1.18. The normalized spacial score (nSPS) is 18.1. The first-order valence-corrected chi connectivity index (χ1v) is 7.08. The van der Waals surface area contributed by atoms with Gasteiger partial charge < -0.3 is 10.6 Å². The molecule has 3 nitrogen and oxygen atoms in total. The first-order chi connectivity index (χ1) is 9.41. The molecule has 118 valence electrons. The van der Waals surface area contributed by atoms with Crippen molar-refractivity contribution in [3.63, 3.8) is 0 Å². The van der Waals surface area contributed by atoms with Crippen molar-refractivity contribution in [1.82, 2.24) is 4.90 Å². The minimum Gasteiger partial charge on any atom is -0.334 e. The Kier molecular flexibility index (Phi) is 6.71. The van der Waals surface area contributed by atoms with Gasteiger partial charge in [0, 0.05) is 12.6 Å². The van der Waals surface area contributed by atoms with Gasteiger partial charge in [0.15, 0.2) is 0 Å². The van der Waals surface area contributed by atoms with Crippen molar-refractivity contribution >= 4 is 5.91 Å². The number of alkyl halides is 4. The van der Waals surface area contributed by atoms with Gasteiger partial charge in [-0.2, -0.15) is 8.78 Å². The quantitative estimate of drug-likeness (QED) is 0.605. The Balaban J connectivity index is 2.83. The minimum atomic E-state index is -4.61. The molecule has 0 aromatic rings. The fourth-order valence-electron chi connectivity index (χ4n) is 2.57. The molecule has 0 saturated heterocycles. The van der Waals surface area contributed by atoms with Crippen LogP contribution >= 0.6 is 0 Å². The Morgan fingerprint density at radius 2 is 1.75 bits per heavy atom. The van der Waals surface area contributed by atoms with Gasteiger partial charge in [-0.15, -0.1) is 0 Å². The second kappa shape index (κ2) is 7.81. The predicted octanol–water partition coefficient (Wildman–Crippen LogP) is 2.79. The summed E-state index contributed by atoms with van der Waals surface area (Å²) in [5.41, 5.74) is 5.33. The summed E-state index contributed by atoms with van der Waals surface area (Å²) >= 11 is 0. The number of carbonyl (C=O) groups is 1. The maximum Gasteiger partial charge on any atom is 0.383 e. The highest BCUT2D eigenvalue weighted by Crippen LogP contribution is 2.29.